The van der Waals surface area contributed by atoms with Gasteiger partial charge in [0.2, 0.25) is 0 Å². The first-order chi connectivity index (χ1) is 10.3. The number of hydrogen-bond acceptors (Lipinski definition) is 4. The molecule has 0 aliphatic heterocycles. The Hall–Kier alpha value is -2.43. The molecule has 0 spiro atoms. The summed E-state index contributed by atoms with van der Waals surface area (Å²) in [4.78, 5) is 20.3. The minimum Gasteiger partial charge on any atom is -0.365 e. The largest absolute Gasteiger partial charge is 0.365 e. The Morgan fingerprint density at radius 1 is 1.18 bits per heavy atom. The molecule has 0 saturated heterocycles. The summed E-state index contributed by atoms with van der Waals surface area (Å²) in [7, 11) is 0. The fourth-order valence-electron chi connectivity index (χ4n) is 1.96. The Bertz CT molecular complexity index is 644. The Morgan fingerprint density at radius 2 is 1.95 bits per heavy atom. The maximum Gasteiger partial charge on any atom is 0.271 e. The van der Waals surface area contributed by atoms with Crippen molar-refractivity contribution in [1.82, 2.24) is 15.3 Å². The first kappa shape index (κ1) is 15.9. The third-order valence-electron chi connectivity index (χ3n) is 2.93. The molecule has 0 unspecified atom stereocenters. The second-order valence-electron chi connectivity index (χ2n) is 6.33. The fourth-order valence-corrected chi connectivity index (χ4v) is 1.96. The lowest BCUT2D eigenvalue weighted by Gasteiger charge is -2.19. The highest BCUT2D eigenvalue weighted by Crippen LogP contribution is 2.08. The maximum atomic E-state index is 12.0. The van der Waals surface area contributed by atoms with Crippen molar-refractivity contribution >= 4 is 11.7 Å². The molecule has 1 heterocycles. The summed E-state index contributed by atoms with van der Waals surface area (Å²) < 4.78 is 0. The van der Waals surface area contributed by atoms with E-state index in [4.69, 9.17) is 0 Å². The van der Waals surface area contributed by atoms with Crippen LogP contribution in [0, 0.1) is 6.92 Å². The Balaban J connectivity index is 1.96. The van der Waals surface area contributed by atoms with Crippen molar-refractivity contribution < 1.29 is 4.79 Å². The molecule has 0 atom stereocenters. The zero-order chi connectivity index (χ0) is 16.2. The summed E-state index contributed by atoms with van der Waals surface area (Å²) in [6.45, 7) is 8.51. The first-order valence-electron chi connectivity index (χ1n) is 7.27. The van der Waals surface area contributed by atoms with Gasteiger partial charge in [-0.3, -0.25) is 4.79 Å². The van der Waals surface area contributed by atoms with E-state index in [0.717, 1.165) is 0 Å². The highest BCUT2D eigenvalue weighted by atomic mass is 16.2. The molecule has 116 valence electrons. The third kappa shape index (κ3) is 4.84. The number of carbonyl (C=O) groups is 1. The quantitative estimate of drug-likeness (QED) is 0.910. The predicted octanol–water partition coefficient (Wildman–Crippen LogP) is 2.93. The van der Waals surface area contributed by atoms with Crippen molar-refractivity contribution in [2.45, 2.75) is 39.8 Å². The van der Waals surface area contributed by atoms with E-state index in [-0.39, 0.29) is 11.4 Å². The number of aryl methyl sites for hydroxylation is 1. The van der Waals surface area contributed by atoms with Crippen LogP contribution in [0.3, 0.4) is 0 Å². The number of carbonyl (C=O) groups excluding carboxylic acids is 1. The summed E-state index contributed by atoms with van der Waals surface area (Å²) in [5, 5.41) is 6.05. The van der Waals surface area contributed by atoms with Gasteiger partial charge < -0.3 is 10.6 Å². The number of nitrogens with zero attached hydrogens (tertiary/aromatic N) is 2. The van der Waals surface area contributed by atoms with E-state index in [1.807, 2.05) is 26.8 Å². The van der Waals surface area contributed by atoms with Gasteiger partial charge in [0.1, 0.15) is 11.5 Å². The van der Waals surface area contributed by atoms with Gasteiger partial charge in [-0.05, 0) is 33.3 Å². The van der Waals surface area contributed by atoms with E-state index < -0.39 is 0 Å². The number of amides is 1. The van der Waals surface area contributed by atoms with E-state index >= 15 is 0 Å². The van der Waals surface area contributed by atoms with Crippen molar-refractivity contribution in [3.63, 3.8) is 0 Å². The Morgan fingerprint density at radius 3 is 2.55 bits per heavy atom. The van der Waals surface area contributed by atoms with Crippen molar-refractivity contribution in [3.8, 4) is 0 Å². The number of anilines is 1. The molecule has 2 N–H and O–H groups in total. The molecule has 0 fully saturated rings. The molecule has 1 amide bonds. The van der Waals surface area contributed by atoms with Gasteiger partial charge in [-0.25, -0.2) is 9.97 Å². The lowest BCUT2D eigenvalue weighted by atomic mass is 10.1. The number of benzene rings is 1. The van der Waals surface area contributed by atoms with E-state index in [0.29, 0.717) is 18.1 Å². The van der Waals surface area contributed by atoms with Crippen LogP contribution in [0.25, 0.3) is 0 Å². The minimum atomic E-state index is -0.291. The molecule has 2 aromatic rings. The fraction of sp³-hybridized carbons (Fsp3) is 0.353. The molecule has 0 aliphatic carbocycles. The van der Waals surface area contributed by atoms with Gasteiger partial charge in [-0.2, -0.15) is 0 Å². The number of hydrogen-bond donors (Lipinski definition) is 2. The standard InChI is InChI=1S/C17H22N4O/c1-12-6-5-7-13(8-12)9-19-15-11-18-14(10-20-15)16(22)21-17(2,3)4/h5-8,10-11H,9H2,1-4H3,(H,19,20)(H,21,22). The Labute approximate surface area is 131 Å². The summed E-state index contributed by atoms with van der Waals surface area (Å²) in [5.74, 6) is 0.430. The zero-order valence-corrected chi connectivity index (χ0v) is 13.5. The second kappa shape index (κ2) is 6.56. The number of rotatable bonds is 4. The molecule has 1 aromatic heterocycles. The summed E-state index contributed by atoms with van der Waals surface area (Å²) in [5.41, 5.74) is 2.42. The van der Waals surface area contributed by atoms with Crippen LogP contribution in [0.2, 0.25) is 0 Å². The van der Waals surface area contributed by atoms with Gasteiger partial charge >= 0.3 is 0 Å². The van der Waals surface area contributed by atoms with Gasteiger partial charge in [0.05, 0.1) is 12.4 Å². The van der Waals surface area contributed by atoms with Crippen molar-refractivity contribution in [3.05, 3.63) is 53.5 Å². The number of aromatic nitrogens is 2. The lowest BCUT2D eigenvalue weighted by molar-refractivity contribution is 0.0914. The second-order valence-corrected chi connectivity index (χ2v) is 6.33. The molecular weight excluding hydrogens is 276 g/mol. The highest BCUT2D eigenvalue weighted by Gasteiger charge is 2.16. The zero-order valence-electron chi connectivity index (χ0n) is 13.5. The SMILES string of the molecule is Cc1cccc(CNc2cnc(C(=O)NC(C)(C)C)cn2)c1. The summed E-state index contributed by atoms with van der Waals surface area (Å²) >= 11 is 0. The van der Waals surface area contributed by atoms with Crippen LogP contribution in [0.5, 0.6) is 0 Å². The van der Waals surface area contributed by atoms with Crippen molar-refractivity contribution in [2.24, 2.45) is 0 Å². The lowest BCUT2D eigenvalue weighted by Crippen LogP contribution is -2.40. The third-order valence-corrected chi connectivity index (χ3v) is 2.93. The van der Waals surface area contributed by atoms with E-state index in [2.05, 4.69) is 45.7 Å². The van der Waals surface area contributed by atoms with Crippen molar-refractivity contribution in [2.75, 3.05) is 5.32 Å². The average molecular weight is 298 g/mol. The molecule has 22 heavy (non-hydrogen) atoms. The normalized spacial score (nSPS) is 11.1. The molecule has 5 heteroatoms. The molecule has 5 nitrogen and oxygen atoms in total. The molecule has 0 aliphatic rings. The van der Waals surface area contributed by atoms with Crippen LogP contribution in [0.15, 0.2) is 36.7 Å². The van der Waals surface area contributed by atoms with E-state index in [1.54, 1.807) is 6.20 Å². The van der Waals surface area contributed by atoms with Crippen LogP contribution in [0.4, 0.5) is 5.82 Å². The average Bonchev–Trinajstić information content (AvgIpc) is 2.44. The predicted molar refractivity (Wildman–Crippen MR) is 87.8 cm³/mol. The first-order valence-corrected chi connectivity index (χ1v) is 7.27. The molecular formula is C17H22N4O. The smallest absolute Gasteiger partial charge is 0.271 e. The molecule has 2 rings (SSSR count). The van der Waals surface area contributed by atoms with Gasteiger partial charge in [0.25, 0.3) is 5.91 Å². The van der Waals surface area contributed by atoms with Crippen LogP contribution in [-0.4, -0.2) is 21.4 Å². The Kier molecular flexibility index (Phi) is 4.75. The van der Waals surface area contributed by atoms with Crippen LogP contribution >= 0.6 is 0 Å². The monoisotopic (exact) mass is 298 g/mol. The molecule has 0 radical (unpaired) electrons. The highest BCUT2D eigenvalue weighted by molar-refractivity contribution is 5.92. The van der Waals surface area contributed by atoms with Gasteiger partial charge in [0.15, 0.2) is 0 Å². The van der Waals surface area contributed by atoms with Crippen LogP contribution < -0.4 is 10.6 Å². The van der Waals surface area contributed by atoms with Gasteiger partial charge in [-0.1, -0.05) is 29.8 Å². The van der Waals surface area contributed by atoms with E-state index in [9.17, 15) is 4.79 Å². The van der Waals surface area contributed by atoms with Gasteiger partial charge in [-0.15, -0.1) is 0 Å². The summed E-state index contributed by atoms with van der Waals surface area (Å²) in [6.07, 6.45) is 3.06. The summed E-state index contributed by atoms with van der Waals surface area (Å²) in [6, 6.07) is 8.26. The molecule has 0 saturated carbocycles. The maximum absolute atomic E-state index is 12.0. The van der Waals surface area contributed by atoms with Crippen LogP contribution in [-0.2, 0) is 6.54 Å². The van der Waals surface area contributed by atoms with E-state index in [1.165, 1.54) is 17.3 Å². The van der Waals surface area contributed by atoms with Crippen molar-refractivity contribution in [1.29, 1.82) is 0 Å². The topological polar surface area (TPSA) is 66.9 Å². The molecule has 1 aromatic carbocycles. The minimum absolute atomic E-state index is 0.217. The number of nitrogens with one attached hydrogen (secondary N) is 2. The van der Waals surface area contributed by atoms with Gasteiger partial charge in [0, 0.05) is 12.1 Å². The molecule has 0 bridgehead atoms. The van der Waals surface area contributed by atoms with Crippen LogP contribution in [0.1, 0.15) is 42.4 Å².